The molecule has 4 nitrogen and oxygen atoms in total. The van der Waals surface area contributed by atoms with Crippen LogP contribution in [0.1, 0.15) is 19.0 Å². The molecule has 0 aliphatic heterocycles. The Balaban J connectivity index is 2.51. The average Bonchev–Trinajstić information content (AvgIpc) is 2.67. The Morgan fingerprint density at radius 3 is 3.06 bits per heavy atom. The van der Waals surface area contributed by atoms with E-state index in [1.165, 1.54) is 0 Å². The molecule has 0 atom stereocenters. The topological polar surface area (TPSA) is 47.1 Å². The molecule has 0 spiro atoms. The van der Waals surface area contributed by atoms with E-state index in [0.717, 1.165) is 38.3 Å². The first-order valence-electron chi connectivity index (χ1n) is 5.84. The summed E-state index contributed by atoms with van der Waals surface area (Å²) in [7, 11) is 0. The predicted molar refractivity (Wildman–Crippen MR) is 67.0 cm³/mol. The van der Waals surface area contributed by atoms with Crippen molar-refractivity contribution in [3.63, 3.8) is 0 Å². The smallest absolute Gasteiger partial charge is 0.0950 e. The van der Waals surface area contributed by atoms with Gasteiger partial charge in [-0.1, -0.05) is 13.0 Å². The Kier molecular flexibility index (Phi) is 5.82. The standard InChI is InChI=1S/C12H22N4/c1-3-6-15(7-4-2)9-12-10-16(8-5-13)11-14-12/h3,10-11H,1,4-9,13H2,2H3. The second-order valence-electron chi connectivity index (χ2n) is 3.92. The third-order valence-corrected chi connectivity index (χ3v) is 2.39. The molecule has 0 saturated carbocycles. The van der Waals surface area contributed by atoms with Crippen LogP contribution in [-0.4, -0.2) is 34.1 Å². The van der Waals surface area contributed by atoms with E-state index in [-0.39, 0.29) is 0 Å². The first-order valence-corrected chi connectivity index (χ1v) is 5.84. The van der Waals surface area contributed by atoms with Crippen molar-refractivity contribution in [3.05, 3.63) is 30.9 Å². The summed E-state index contributed by atoms with van der Waals surface area (Å²) < 4.78 is 2.04. The molecule has 1 aromatic heterocycles. The van der Waals surface area contributed by atoms with Gasteiger partial charge in [0.15, 0.2) is 0 Å². The van der Waals surface area contributed by atoms with E-state index in [9.17, 15) is 0 Å². The highest BCUT2D eigenvalue weighted by Crippen LogP contribution is 2.03. The lowest BCUT2D eigenvalue weighted by Crippen LogP contribution is -2.24. The molecular weight excluding hydrogens is 200 g/mol. The van der Waals surface area contributed by atoms with E-state index in [2.05, 4.69) is 29.6 Å². The predicted octanol–water partition coefficient (Wildman–Crippen LogP) is 1.24. The number of aromatic nitrogens is 2. The first kappa shape index (κ1) is 12.9. The van der Waals surface area contributed by atoms with Crippen molar-refractivity contribution in [3.8, 4) is 0 Å². The summed E-state index contributed by atoms with van der Waals surface area (Å²) in [6, 6.07) is 0. The van der Waals surface area contributed by atoms with Gasteiger partial charge >= 0.3 is 0 Å². The van der Waals surface area contributed by atoms with E-state index in [1.54, 1.807) is 0 Å². The highest BCUT2D eigenvalue weighted by atomic mass is 15.1. The van der Waals surface area contributed by atoms with Gasteiger partial charge in [-0.3, -0.25) is 4.90 Å². The van der Waals surface area contributed by atoms with Crippen molar-refractivity contribution in [1.82, 2.24) is 14.5 Å². The highest BCUT2D eigenvalue weighted by Gasteiger charge is 2.05. The molecule has 1 heterocycles. The van der Waals surface area contributed by atoms with Crippen LogP contribution in [0.4, 0.5) is 0 Å². The monoisotopic (exact) mass is 222 g/mol. The van der Waals surface area contributed by atoms with Gasteiger partial charge in [-0.25, -0.2) is 4.98 Å². The second-order valence-corrected chi connectivity index (χ2v) is 3.92. The summed E-state index contributed by atoms with van der Waals surface area (Å²) in [6.45, 7) is 10.3. The molecule has 1 aromatic rings. The molecule has 90 valence electrons. The van der Waals surface area contributed by atoms with E-state index < -0.39 is 0 Å². The Hall–Kier alpha value is -1.13. The summed E-state index contributed by atoms with van der Waals surface area (Å²) >= 11 is 0. The van der Waals surface area contributed by atoms with Crippen LogP contribution in [0.25, 0.3) is 0 Å². The molecule has 0 aliphatic carbocycles. The SMILES string of the molecule is C=CCN(CCC)Cc1cn(CCN)cn1. The number of imidazole rings is 1. The van der Waals surface area contributed by atoms with Gasteiger partial charge in [0.1, 0.15) is 0 Å². The zero-order valence-electron chi connectivity index (χ0n) is 10.1. The summed E-state index contributed by atoms with van der Waals surface area (Å²) in [5, 5.41) is 0. The normalized spacial score (nSPS) is 10.9. The summed E-state index contributed by atoms with van der Waals surface area (Å²) in [5.74, 6) is 0. The van der Waals surface area contributed by atoms with E-state index in [0.29, 0.717) is 6.54 Å². The molecule has 2 N–H and O–H groups in total. The fraction of sp³-hybridized carbons (Fsp3) is 0.583. The first-order chi connectivity index (χ1) is 7.80. The summed E-state index contributed by atoms with van der Waals surface area (Å²) in [5.41, 5.74) is 6.59. The molecule has 16 heavy (non-hydrogen) atoms. The number of nitrogens with two attached hydrogens (primary N) is 1. The molecule has 0 amide bonds. The van der Waals surface area contributed by atoms with Crippen LogP contribution >= 0.6 is 0 Å². The minimum absolute atomic E-state index is 0.654. The fourth-order valence-electron chi connectivity index (χ4n) is 1.72. The van der Waals surface area contributed by atoms with Crippen molar-refractivity contribution in [2.75, 3.05) is 19.6 Å². The Morgan fingerprint density at radius 2 is 2.44 bits per heavy atom. The quantitative estimate of drug-likeness (QED) is 0.673. The number of rotatable bonds is 8. The van der Waals surface area contributed by atoms with E-state index in [1.807, 2.05) is 17.0 Å². The van der Waals surface area contributed by atoms with Gasteiger partial charge in [-0.2, -0.15) is 0 Å². The zero-order valence-corrected chi connectivity index (χ0v) is 10.1. The molecule has 0 saturated heterocycles. The van der Waals surface area contributed by atoms with Gasteiger partial charge < -0.3 is 10.3 Å². The number of hydrogen-bond acceptors (Lipinski definition) is 3. The summed E-state index contributed by atoms with van der Waals surface area (Å²) in [6.07, 6.45) is 7.00. The third-order valence-electron chi connectivity index (χ3n) is 2.39. The van der Waals surface area contributed by atoms with Crippen LogP contribution in [0.15, 0.2) is 25.2 Å². The minimum Gasteiger partial charge on any atom is -0.336 e. The van der Waals surface area contributed by atoms with Crippen LogP contribution in [0.3, 0.4) is 0 Å². The second kappa shape index (κ2) is 7.19. The minimum atomic E-state index is 0.654. The maximum atomic E-state index is 5.49. The zero-order chi connectivity index (χ0) is 11.8. The Bertz CT molecular complexity index is 306. The van der Waals surface area contributed by atoms with Gasteiger partial charge in [0, 0.05) is 32.4 Å². The molecular formula is C12H22N4. The molecule has 0 radical (unpaired) electrons. The Labute approximate surface area is 97.8 Å². The largest absolute Gasteiger partial charge is 0.336 e. The van der Waals surface area contributed by atoms with Crippen molar-refractivity contribution >= 4 is 0 Å². The van der Waals surface area contributed by atoms with Crippen molar-refractivity contribution in [1.29, 1.82) is 0 Å². The Morgan fingerprint density at radius 1 is 1.62 bits per heavy atom. The van der Waals surface area contributed by atoms with E-state index in [4.69, 9.17) is 5.73 Å². The van der Waals surface area contributed by atoms with Gasteiger partial charge in [0.05, 0.1) is 12.0 Å². The lowest BCUT2D eigenvalue weighted by atomic mass is 10.3. The molecule has 0 bridgehead atoms. The van der Waals surface area contributed by atoms with Crippen LogP contribution in [0.5, 0.6) is 0 Å². The van der Waals surface area contributed by atoms with Gasteiger partial charge in [-0.05, 0) is 13.0 Å². The highest BCUT2D eigenvalue weighted by molar-refractivity contribution is 4.97. The van der Waals surface area contributed by atoms with Crippen LogP contribution in [0, 0.1) is 0 Å². The van der Waals surface area contributed by atoms with Gasteiger partial charge in [0.25, 0.3) is 0 Å². The number of hydrogen-bond donors (Lipinski definition) is 1. The van der Waals surface area contributed by atoms with Gasteiger partial charge in [0.2, 0.25) is 0 Å². The molecule has 0 aromatic carbocycles. The summed E-state index contributed by atoms with van der Waals surface area (Å²) in [4.78, 5) is 6.71. The fourth-order valence-corrected chi connectivity index (χ4v) is 1.72. The van der Waals surface area contributed by atoms with Crippen LogP contribution in [0.2, 0.25) is 0 Å². The lowest BCUT2D eigenvalue weighted by molar-refractivity contribution is 0.292. The van der Waals surface area contributed by atoms with Crippen molar-refractivity contribution in [2.45, 2.75) is 26.4 Å². The van der Waals surface area contributed by atoms with Crippen LogP contribution in [-0.2, 0) is 13.1 Å². The lowest BCUT2D eigenvalue weighted by Gasteiger charge is -2.18. The molecule has 0 aliphatic rings. The molecule has 0 unspecified atom stereocenters. The van der Waals surface area contributed by atoms with Crippen molar-refractivity contribution in [2.24, 2.45) is 5.73 Å². The van der Waals surface area contributed by atoms with Crippen LogP contribution < -0.4 is 5.73 Å². The maximum Gasteiger partial charge on any atom is 0.0950 e. The number of nitrogens with zero attached hydrogens (tertiary/aromatic N) is 3. The van der Waals surface area contributed by atoms with Crippen molar-refractivity contribution < 1.29 is 0 Å². The molecule has 0 fully saturated rings. The third kappa shape index (κ3) is 4.16. The average molecular weight is 222 g/mol. The maximum absolute atomic E-state index is 5.49. The van der Waals surface area contributed by atoms with E-state index >= 15 is 0 Å². The van der Waals surface area contributed by atoms with Gasteiger partial charge in [-0.15, -0.1) is 6.58 Å². The molecule has 4 heteroatoms. The molecule has 1 rings (SSSR count).